The van der Waals surface area contributed by atoms with E-state index in [1.165, 1.54) is 0 Å². The van der Waals surface area contributed by atoms with E-state index in [1.54, 1.807) is 18.1 Å². The molecule has 5 nitrogen and oxygen atoms in total. The molecule has 1 aromatic heterocycles. The van der Waals surface area contributed by atoms with E-state index in [2.05, 4.69) is 15.5 Å². The van der Waals surface area contributed by atoms with Crippen molar-refractivity contribution < 1.29 is 5.11 Å². The summed E-state index contributed by atoms with van der Waals surface area (Å²) in [4.78, 5) is 0. The highest BCUT2D eigenvalue weighted by atomic mass is 32.2. The summed E-state index contributed by atoms with van der Waals surface area (Å²) in [6.07, 6.45) is 2.57. The summed E-state index contributed by atoms with van der Waals surface area (Å²) in [5.41, 5.74) is -0.203. The minimum absolute atomic E-state index is 0.142. The van der Waals surface area contributed by atoms with Crippen molar-refractivity contribution in [3.05, 3.63) is 6.33 Å². The highest BCUT2D eigenvalue weighted by Crippen LogP contribution is 2.18. The van der Waals surface area contributed by atoms with Gasteiger partial charge >= 0.3 is 0 Å². The average molecular weight is 230 g/mol. The number of nitrogens with zero attached hydrogens (tertiary/aromatic N) is 3. The molecule has 0 saturated carbocycles. The van der Waals surface area contributed by atoms with Crippen LogP contribution in [0.4, 0.5) is 0 Å². The van der Waals surface area contributed by atoms with Crippen LogP contribution in [0.15, 0.2) is 11.5 Å². The molecule has 1 aromatic rings. The Labute approximate surface area is 94.3 Å². The van der Waals surface area contributed by atoms with Crippen LogP contribution >= 0.6 is 11.8 Å². The average Bonchev–Trinajstić information content (AvgIpc) is 2.64. The first-order valence-electron chi connectivity index (χ1n) is 4.88. The topological polar surface area (TPSA) is 63.0 Å². The van der Waals surface area contributed by atoms with Crippen LogP contribution in [0.1, 0.15) is 13.3 Å². The normalized spacial score (nSPS) is 15.2. The van der Waals surface area contributed by atoms with E-state index in [-0.39, 0.29) is 12.1 Å². The number of thioether (sulfide) groups is 1. The van der Waals surface area contributed by atoms with Crippen molar-refractivity contribution in [3.63, 3.8) is 0 Å². The minimum atomic E-state index is -0.203. The zero-order chi connectivity index (χ0) is 11.3. The van der Waals surface area contributed by atoms with Crippen LogP contribution in [0.5, 0.6) is 0 Å². The fourth-order valence-electron chi connectivity index (χ4n) is 1.05. The number of hydrogen-bond donors (Lipinski definition) is 2. The van der Waals surface area contributed by atoms with Crippen LogP contribution < -0.4 is 5.32 Å². The predicted octanol–water partition coefficient (Wildman–Crippen LogP) is 0.268. The van der Waals surface area contributed by atoms with Crippen LogP contribution in [0, 0.1) is 0 Å². The zero-order valence-electron chi connectivity index (χ0n) is 9.40. The van der Waals surface area contributed by atoms with Crippen molar-refractivity contribution in [1.29, 1.82) is 0 Å². The van der Waals surface area contributed by atoms with Gasteiger partial charge in [-0.25, -0.2) is 0 Å². The van der Waals surface area contributed by atoms with Gasteiger partial charge in [0.2, 0.25) is 0 Å². The van der Waals surface area contributed by atoms with E-state index >= 15 is 0 Å². The molecule has 1 rings (SSSR count). The number of likely N-dealkylation sites (N-methyl/N-ethyl adjacent to an activating group) is 1. The number of aliphatic hydroxyl groups is 1. The lowest BCUT2D eigenvalue weighted by Gasteiger charge is -2.26. The number of nitrogens with one attached hydrogen (secondary N) is 1. The molecule has 2 N–H and O–H groups in total. The molecule has 0 aliphatic heterocycles. The molecule has 15 heavy (non-hydrogen) atoms. The fourth-order valence-corrected chi connectivity index (χ4v) is 2.14. The Bertz CT molecular complexity index is 298. The van der Waals surface area contributed by atoms with Gasteiger partial charge in [0.1, 0.15) is 6.33 Å². The van der Waals surface area contributed by atoms with Gasteiger partial charge in [-0.15, -0.1) is 10.2 Å². The van der Waals surface area contributed by atoms with E-state index in [0.717, 1.165) is 17.3 Å². The second kappa shape index (κ2) is 5.48. The lowest BCUT2D eigenvalue weighted by Crippen LogP contribution is -2.43. The van der Waals surface area contributed by atoms with Gasteiger partial charge in [0.15, 0.2) is 5.16 Å². The highest BCUT2D eigenvalue weighted by molar-refractivity contribution is 7.99. The van der Waals surface area contributed by atoms with E-state index in [4.69, 9.17) is 0 Å². The standard InChI is InChI=1S/C9H18N4OS/c1-9(6-14,10-2)4-5-15-8-12-11-7-13(8)3/h7,10,14H,4-6H2,1-3H3. The molecule has 0 aliphatic carbocycles. The lowest BCUT2D eigenvalue weighted by molar-refractivity contribution is 0.179. The van der Waals surface area contributed by atoms with Crippen molar-refractivity contribution in [1.82, 2.24) is 20.1 Å². The van der Waals surface area contributed by atoms with Gasteiger partial charge in [-0.05, 0) is 20.4 Å². The molecule has 6 heteroatoms. The molecule has 0 saturated heterocycles. The molecular weight excluding hydrogens is 212 g/mol. The summed E-state index contributed by atoms with van der Waals surface area (Å²) < 4.78 is 1.89. The quantitative estimate of drug-likeness (QED) is 0.687. The van der Waals surface area contributed by atoms with Crippen molar-refractivity contribution in [2.75, 3.05) is 19.4 Å². The lowest BCUT2D eigenvalue weighted by atomic mass is 10.0. The third-order valence-corrected chi connectivity index (χ3v) is 3.54. The maximum Gasteiger partial charge on any atom is 0.190 e. The van der Waals surface area contributed by atoms with Crippen LogP contribution in [-0.2, 0) is 7.05 Å². The number of aryl methyl sites for hydroxylation is 1. The first-order valence-corrected chi connectivity index (χ1v) is 5.86. The maximum absolute atomic E-state index is 9.19. The molecular formula is C9H18N4OS. The number of aliphatic hydroxyl groups excluding tert-OH is 1. The molecule has 1 atom stereocenters. The second-order valence-corrected chi connectivity index (χ2v) is 4.85. The van der Waals surface area contributed by atoms with Gasteiger partial charge in [-0.3, -0.25) is 0 Å². The van der Waals surface area contributed by atoms with E-state index in [0.29, 0.717) is 0 Å². The van der Waals surface area contributed by atoms with Crippen LogP contribution in [-0.4, -0.2) is 44.8 Å². The Kier molecular flexibility index (Phi) is 4.56. The Morgan fingerprint density at radius 1 is 1.67 bits per heavy atom. The molecule has 1 unspecified atom stereocenters. The predicted molar refractivity (Wildman–Crippen MR) is 60.9 cm³/mol. The van der Waals surface area contributed by atoms with Gasteiger partial charge in [-0.1, -0.05) is 11.8 Å². The number of aromatic nitrogens is 3. The monoisotopic (exact) mass is 230 g/mol. The van der Waals surface area contributed by atoms with Crippen molar-refractivity contribution >= 4 is 11.8 Å². The molecule has 0 aromatic carbocycles. The van der Waals surface area contributed by atoms with Crippen molar-refractivity contribution in [3.8, 4) is 0 Å². The fraction of sp³-hybridized carbons (Fsp3) is 0.778. The molecule has 0 spiro atoms. The van der Waals surface area contributed by atoms with Crippen LogP contribution in [0.3, 0.4) is 0 Å². The molecule has 0 amide bonds. The number of rotatable bonds is 6. The smallest absolute Gasteiger partial charge is 0.190 e. The third kappa shape index (κ3) is 3.48. The third-order valence-electron chi connectivity index (χ3n) is 2.51. The van der Waals surface area contributed by atoms with Crippen molar-refractivity contribution in [2.24, 2.45) is 7.05 Å². The van der Waals surface area contributed by atoms with Crippen LogP contribution in [0.2, 0.25) is 0 Å². The Morgan fingerprint density at radius 3 is 2.87 bits per heavy atom. The summed E-state index contributed by atoms with van der Waals surface area (Å²) in [6.45, 7) is 2.15. The molecule has 0 aliphatic rings. The number of hydrogen-bond acceptors (Lipinski definition) is 5. The van der Waals surface area contributed by atoms with Crippen LogP contribution in [0.25, 0.3) is 0 Å². The molecule has 1 heterocycles. The van der Waals surface area contributed by atoms with E-state index in [9.17, 15) is 5.11 Å². The summed E-state index contributed by atoms with van der Waals surface area (Å²) in [5, 5.41) is 21.0. The first-order chi connectivity index (χ1) is 7.11. The van der Waals surface area contributed by atoms with Crippen molar-refractivity contribution in [2.45, 2.75) is 24.0 Å². The molecule has 0 bridgehead atoms. The summed E-state index contributed by atoms with van der Waals surface area (Å²) in [7, 11) is 3.79. The zero-order valence-corrected chi connectivity index (χ0v) is 10.2. The maximum atomic E-state index is 9.19. The summed E-state index contributed by atoms with van der Waals surface area (Å²) in [5.74, 6) is 0.907. The summed E-state index contributed by atoms with van der Waals surface area (Å²) >= 11 is 1.65. The Hall–Kier alpha value is -0.590. The highest BCUT2D eigenvalue weighted by Gasteiger charge is 2.20. The van der Waals surface area contributed by atoms with E-state index < -0.39 is 0 Å². The molecule has 86 valence electrons. The van der Waals surface area contributed by atoms with Gasteiger partial charge in [0.25, 0.3) is 0 Å². The molecule has 0 fully saturated rings. The van der Waals surface area contributed by atoms with E-state index in [1.807, 2.05) is 25.6 Å². The summed E-state index contributed by atoms with van der Waals surface area (Å²) in [6, 6.07) is 0. The van der Waals surface area contributed by atoms with Gasteiger partial charge in [0, 0.05) is 18.3 Å². The first kappa shape index (κ1) is 12.5. The molecule has 0 radical (unpaired) electrons. The van der Waals surface area contributed by atoms with Gasteiger partial charge < -0.3 is 15.0 Å². The Morgan fingerprint density at radius 2 is 2.40 bits per heavy atom. The SMILES string of the molecule is CNC(C)(CO)CCSc1nncn1C. The second-order valence-electron chi connectivity index (χ2n) is 3.79. The van der Waals surface area contributed by atoms with Gasteiger partial charge in [-0.2, -0.15) is 0 Å². The van der Waals surface area contributed by atoms with Gasteiger partial charge in [0.05, 0.1) is 6.61 Å². The Balaban J connectivity index is 2.36. The largest absolute Gasteiger partial charge is 0.394 e. The minimum Gasteiger partial charge on any atom is -0.394 e.